The lowest BCUT2D eigenvalue weighted by atomic mass is 10.00. The number of carbonyl (C=O) groups excluding carboxylic acids is 1. The summed E-state index contributed by atoms with van der Waals surface area (Å²) in [6, 6.07) is -1.02. The first kappa shape index (κ1) is 53.0. The Balaban J connectivity index is 3.83. The zero-order valence-electron chi connectivity index (χ0n) is 35.9. The molecule has 4 unspecified atom stereocenters. The number of hydrogen-bond acceptors (Lipinski definition) is 5. The molecule has 0 aliphatic heterocycles. The van der Waals surface area contributed by atoms with Crippen molar-refractivity contribution in [3.63, 3.8) is 0 Å². The van der Waals surface area contributed by atoms with E-state index < -0.39 is 36.9 Å². The lowest BCUT2D eigenvalue weighted by Crippen LogP contribution is -2.53. The third-order valence-electron chi connectivity index (χ3n) is 10.4. The van der Waals surface area contributed by atoms with Crippen LogP contribution in [0.15, 0.2) is 60.8 Å². The smallest absolute Gasteiger partial charge is 0.249 e. The Morgan fingerprint density at radius 1 is 0.455 bits per heavy atom. The molecule has 320 valence electrons. The fraction of sp³-hybridized carbons (Fsp3) is 0.776. The predicted molar refractivity (Wildman–Crippen MR) is 237 cm³/mol. The first-order valence-corrected chi connectivity index (χ1v) is 23.2. The standard InChI is InChI=1S/C49H89NO5/c1-3-5-7-9-11-13-15-17-19-21-23-24-25-27-28-30-32-34-36-38-40-42-46(52)48(54)45(44-51)50-49(55)47(53)43-41-39-37-35-33-31-29-26-22-20-18-16-14-12-10-8-6-4-2/h12,14,16,18,21,23,27-28,34,36,45-48,51-54H,3-11,13,15,17,19-20,22,24-26,29-33,35,37-44H2,1-2H3,(H,50,55)/b14-12-,18-16-,23-21+,28-27+,36-34+. The number of allylic oxidation sites excluding steroid dienone is 10. The van der Waals surface area contributed by atoms with Gasteiger partial charge in [-0.15, -0.1) is 0 Å². The van der Waals surface area contributed by atoms with Gasteiger partial charge in [-0.25, -0.2) is 0 Å². The van der Waals surface area contributed by atoms with E-state index in [-0.39, 0.29) is 0 Å². The summed E-state index contributed by atoms with van der Waals surface area (Å²) in [6.07, 6.45) is 53.9. The lowest BCUT2D eigenvalue weighted by Gasteiger charge is -2.27. The van der Waals surface area contributed by atoms with Crippen LogP contribution in [-0.4, -0.2) is 57.3 Å². The third kappa shape index (κ3) is 37.4. The Kier molecular flexibility index (Phi) is 41.6. The Labute approximate surface area is 340 Å². The van der Waals surface area contributed by atoms with Crippen molar-refractivity contribution in [1.82, 2.24) is 5.32 Å². The highest BCUT2D eigenvalue weighted by Crippen LogP contribution is 2.14. The van der Waals surface area contributed by atoms with Gasteiger partial charge in [0, 0.05) is 0 Å². The molecule has 0 spiro atoms. The number of amides is 1. The van der Waals surface area contributed by atoms with Gasteiger partial charge >= 0.3 is 0 Å². The molecule has 0 saturated carbocycles. The molecule has 0 aromatic rings. The minimum Gasteiger partial charge on any atom is -0.394 e. The molecule has 0 bridgehead atoms. The van der Waals surface area contributed by atoms with Crippen LogP contribution in [-0.2, 0) is 4.79 Å². The predicted octanol–water partition coefficient (Wildman–Crippen LogP) is 12.5. The van der Waals surface area contributed by atoms with E-state index >= 15 is 0 Å². The molecule has 1 amide bonds. The second-order valence-corrected chi connectivity index (χ2v) is 15.7. The van der Waals surface area contributed by atoms with Gasteiger partial charge in [-0.05, 0) is 89.9 Å². The van der Waals surface area contributed by atoms with Crippen LogP contribution in [0.4, 0.5) is 0 Å². The van der Waals surface area contributed by atoms with Crippen molar-refractivity contribution < 1.29 is 25.2 Å². The average molecular weight is 772 g/mol. The van der Waals surface area contributed by atoms with Crippen LogP contribution in [0.5, 0.6) is 0 Å². The topological polar surface area (TPSA) is 110 Å². The van der Waals surface area contributed by atoms with Crippen LogP contribution in [0.25, 0.3) is 0 Å². The maximum absolute atomic E-state index is 12.5. The first-order chi connectivity index (χ1) is 27.0. The second kappa shape index (κ2) is 43.1. The van der Waals surface area contributed by atoms with E-state index in [0.29, 0.717) is 19.3 Å². The van der Waals surface area contributed by atoms with Crippen LogP contribution in [0.2, 0.25) is 0 Å². The van der Waals surface area contributed by atoms with Gasteiger partial charge in [0.2, 0.25) is 5.91 Å². The largest absolute Gasteiger partial charge is 0.394 e. The van der Waals surface area contributed by atoms with E-state index in [1.165, 1.54) is 122 Å². The Morgan fingerprint density at radius 2 is 0.818 bits per heavy atom. The molecular weight excluding hydrogens is 683 g/mol. The van der Waals surface area contributed by atoms with Crippen molar-refractivity contribution in [3.05, 3.63) is 60.8 Å². The van der Waals surface area contributed by atoms with E-state index in [0.717, 1.165) is 57.8 Å². The maximum atomic E-state index is 12.5. The molecule has 0 saturated heterocycles. The highest BCUT2D eigenvalue weighted by atomic mass is 16.3. The quantitative estimate of drug-likeness (QED) is 0.0241. The molecule has 5 N–H and O–H groups in total. The van der Waals surface area contributed by atoms with Crippen molar-refractivity contribution in [1.29, 1.82) is 0 Å². The van der Waals surface area contributed by atoms with Crippen LogP contribution >= 0.6 is 0 Å². The summed E-state index contributed by atoms with van der Waals surface area (Å²) in [7, 11) is 0. The molecule has 0 heterocycles. The zero-order chi connectivity index (χ0) is 40.3. The van der Waals surface area contributed by atoms with E-state index in [1.54, 1.807) is 0 Å². The Bertz CT molecular complexity index is 957. The van der Waals surface area contributed by atoms with Crippen molar-refractivity contribution in [2.75, 3.05) is 6.61 Å². The number of aliphatic hydroxyl groups excluding tert-OH is 4. The summed E-state index contributed by atoms with van der Waals surface area (Å²) in [4.78, 5) is 12.5. The number of aliphatic hydroxyl groups is 4. The minimum absolute atomic E-state index is 0.350. The van der Waals surface area contributed by atoms with Crippen molar-refractivity contribution in [3.8, 4) is 0 Å². The van der Waals surface area contributed by atoms with Gasteiger partial charge in [-0.2, -0.15) is 0 Å². The minimum atomic E-state index is -1.30. The third-order valence-corrected chi connectivity index (χ3v) is 10.4. The van der Waals surface area contributed by atoms with E-state index in [2.05, 4.69) is 79.9 Å². The molecule has 0 fully saturated rings. The van der Waals surface area contributed by atoms with Gasteiger partial charge in [-0.3, -0.25) is 4.79 Å². The zero-order valence-corrected chi connectivity index (χ0v) is 35.9. The Morgan fingerprint density at radius 3 is 1.29 bits per heavy atom. The highest BCUT2D eigenvalue weighted by Gasteiger charge is 2.28. The molecule has 0 aromatic carbocycles. The summed E-state index contributed by atoms with van der Waals surface area (Å²) in [5, 5.41) is 43.7. The molecular formula is C49H89NO5. The summed E-state index contributed by atoms with van der Waals surface area (Å²) in [6.45, 7) is 4.00. The van der Waals surface area contributed by atoms with E-state index in [4.69, 9.17) is 0 Å². The van der Waals surface area contributed by atoms with Gasteiger partial charge in [0.25, 0.3) is 0 Å². The van der Waals surface area contributed by atoms with Gasteiger partial charge < -0.3 is 25.7 Å². The number of rotatable bonds is 41. The summed E-state index contributed by atoms with van der Waals surface area (Å²) in [5.41, 5.74) is 0. The number of carbonyl (C=O) groups is 1. The number of nitrogens with one attached hydrogen (secondary N) is 1. The molecule has 0 radical (unpaired) electrons. The molecule has 0 aliphatic rings. The van der Waals surface area contributed by atoms with E-state index in [1.807, 2.05) is 0 Å². The van der Waals surface area contributed by atoms with Crippen molar-refractivity contribution in [2.24, 2.45) is 0 Å². The van der Waals surface area contributed by atoms with Gasteiger partial charge in [0.15, 0.2) is 0 Å². The molecule has 6 nitrogen and oxygen atoms in total. The van der Waals surface area contributed by atoms with Crippen molar-refractivity contribution >= 4 is 5.91 Å². The molecule has 55 heavy (non-hydrogen) atoms. The molecule has 0 aliphatic carbocycles. The number of hydrogen-bond donors (Lipinski definition) is 5. The molecule has 4 atom stereocenters. The monoisotopic (exact) mass is 772 g/mol. The molecule has 0 aromatic heterocycles. The normalized spacial score (nSPS) is 14.7. The fourth-order valence-corrected chi connectivity index (χ4v) is 6.72. The van der Waals surface area contributed by atoms with Crippen LogP contribution in [0.3, 0.4) is 0 Å². The summed E-state index contributed by atoms with van der Waals surface area (Å²) < 4.78 is 0. The van der Waals surface area contributed by atoms with Gasteiger partial charge in [0.05, 0.1) is 18.8 Å². The van der Waals surface area contributed by atoms with Gasteiger partial charge in [0.1, 0.15) is 12.2 Å². The second-order valence-electron chi connectivity index (χ2n) is 15.7. The number of unbranched alkanes of at least 4 members (excludes halogenated alkanes) is 23. The van der Waals surface area contributed by atoms with Crippen LogP contribution in [0.1, 0.15) is 213 Å². The lowest BCUT2D eigenvalue weighted by molar-refractivity contribution is -0.132. The maximum Gasteiger partial charge on any atom is 0.249 e. The fourth-order valence-electron chi connectivity index (χ4n) is 6.72. The van der Waals surface area contributed by atoms with Crippen molar-refractivity contribution in [2.45, 2.75) is 237 Å². The summed E-state index contributed by atoms with van der Waals surface area (Å²) in [5.74, 6) is -0.606. The summed E-state index contributed by atoms with van der Waals surface area (Å²) >= 11 is 0. The van der Waals surface area contributed by atoms with E-state index in [9.17, 15) is 25.2 Å². The Hall–Kier alpha value is -1.99. The van der Waals surface area contributed by atoms with Crippen LogP contribution < -0.4 is 5.32 Å². The SMILES string of the molecule is CCCCC/C=C\C=C/CCCCCCCCCCCC(O)C(=O)NC(CO)C(O)C(O)CCC/C=C/CC/C=C/CC/C=C/CCCCCCCCCC. The van der Waals surface area contributed by atoms with Gasteiger partial charge in [-0.1, -0.05) is 184 Å². The van der Waals surface area contributed by atoms with Crippen LogP contribution in [0, 0.1) is 0 Å². The molecule has 6 heteroatoms. The average Bonchev–Trinajstić information content (AvgIpc) is 3.19. The highest BCUT2D eigenvalue weighted by molar-refractivity contribution is 5.80. The molecule has 0 rings (SSSR count). The first-order valence-electron chi connectivity index (χ1n) is 23.2.